The molecule has 3 heteroatoms. The molecule has 0 bridgehead atoms. The number of hydrogen-bond donors (Lipinski definition) is 2. The van der Waals surface area contributed by atoms with Gasteiger partial charge in [-0.3, -0.25) is 4.79 Å². The van der Waals surface area contributed by atoms with Crippen molar-refractivity contribution in [3.63, 3.8) is 0 Å². The summed E-state index contributed by atoms with van der Waals surface area (Å²) in [6, 6.07) is 9.46. The van der Waals surface area contributed by atoms with E-state index in [1.165, 1.54) is 11.1 Å². The zero-order chi connectivity index (χ0) is 24.3. The number of nitrogens with one attached hydrogen (secondary N) is 1. The molecule has 0 unspecified atom stereocenters. The first kappa shape index (κ1) is 23.7. The molecule has 0 aromatic heterocycles. The number of benzene rings is 1. The molecule has 182 valence electrons. The van der Waals surface area contributed by atoms with Gasteiger partial charge in [0.05, 0.1) is 0 Å². The van der Waals surface area contributed by atoms with Gasteiger partial charge in [0.15, 0.2) is 5.78 Å². The lowest BCUT2D eigenvalue weighted by Crippen LogP contribution is -2.57. The molecule has 4 aliphatic carbocycles. The van der Waals surface area contributed by atoms with Gasteiger partial charge in [0.1, 0.15) is 5.60 Å². The summed E-state index contributed by atoms with van der Waals surface area (Å²) in [4.78, 5) is 12.4. The average Bonchev–Trinajstić information content (AvgIpc) is 3.04. The first-order valence-corrected chi connectivity index (χ1v) is 13.4. The standard InChI is InChI=1S/C31H41NO2/c1-6-15-31(34)17-14-27-25-12-9-22-18-24(33)13-16-29(22,4)28(25)26(19-30(27,31)5)21-7-10-23(11-8-21)32-20(2)3/h7-8,10-11,18,20,25-28,32,34H,9,12-14,16-17,19H2,1-5H3/t25-,26+,27-,28+,29-,30-,31-/m0/s1. The maximum Gasteiger partial charge on any atom is 0.155 e. The predicted octanol–water partition coefficient (Wildman–Crippen LogP) is 6.49. The predicted molar refractivity (Wildman–Crippen MR) is 138 cm³/mol. The molecule has 4 aliphatic rings. The second-order valence-electron chi connectivity index (χ2n) is 12.3. The van der Waals surface area contributed by atoms with Crippen molar-refractivity contribution in [2.45, 2.75) is 97.1 Å². The summed E-state index contributed by atoms with van der Waals surface area (Å²) in [5, 5.41) is 15.4. The second kappa shape index (κ2) is 8.27. The van der Waals surface area contributed by atoms with E-state index in [2.05, 4.69) is 69.1 Å². The van der Waals surface area contributed by atoms with Gasteiger partial charge in [0.2, 0.25) is 0 Å². The van der Waals surface area contributed by atoms with Crippen LogP contribution in [0.2, 0.25) is 0 Å². The summed E-state index contributed by atoms with van der Waals surface area (Å²) in [5.41, 5.74) is 2.87. The van der Waals surface area contributed by atoms with Crippen LogP contribution in [0.5, 0.6) is 0 Å². The van der Waals surface area contributed by atoms with Crippen molar-refractivity contribution in [3.8, 4) is 11.8 Å². The molecule has 5 rings (SSSR count). The molecule has 1 aromatic carbocycles. The van der Waals surface area contributed by atoms with Gasteiger partial charge in [0.25, 0.3) is 0 Å². The van der Waals surface area contributed by atoms with E-state index in [1.54, 1.807) is 0 Å². The van der Waals surface area contributed by atoms with Crippen LogP contribution in [0.15, 0.2) is 35.9 Å². The van der Waals surface area contributed by atoms with Gasteiger partial charge in [-0.1, -0.05) is 37.5 Å². The van der Waals surface area contributed by atoms with Crippen LogP contribution in [-0.4, -0.2) is 22.5 Å². The lowest BCUT2D eigenvalue weighted by molar-refractivity contribution is -0.122. The van der Waals surface area contributed by atoms with Crippen LogP contribution in [0, 0.1) is 40.4 Å². The minimum atomic E-state index is -0.908. The fourth-order valence-electron chi connectivity index (χ4n) is 8.64. The molecule has 3 fully saturated rings. The van der Waals surface area contributed by atoms with Gasteiger partial charge in [-0.05, 0) is 112 Å². The van der Waals surface area contributed by atoms with Crippen LogP contribution >= 0.6 is 0 Å². The number of carbonyl (C=O) groups is 1. The number of anilines is 1. The van der Waals surface area contributed by atoms with Crippen LogP contribution in [0.3, 0.4) is 0 Å². The Labute approximate surface area is 205 Å². The third-order valence-corrected chi connectivity index (χ3v) is 10.2. The second-order valence-corrected chi connectivity index (χ2v) is 12.3. The lowest BCUT2D eigenvalue weighted by atomic mass is 9.43. The Balaban J connectivity index is 1.61. The molecule has 1 aromatic rings. The molecule has 3 saturated carbocycles. The van der Waals surface area contributed by atoms with Gasteiger partial charge in [-0.25, -0.2) is 0 Å². The highest BCUT2D eigenvalue weighted by Crippen LogP contribution is 2.70. The maximum absolute atomic E-state index is 12.4. The fraction of sp³-hybridized carbons (Fsp3) is 0.645. The van der Waals surface area contributed by atoms with Gasteiger partial charge < -0.3 is 10.4 Å². The molecule has 0 radical (unpaired) electrons. The summed E-state index contributed by atoms with van der Waals surface area (Å²) in [6.07, 6.45) is 8.56. The largest absolute Gasteiger partial charge is 0.383 e. The van der Waals surface area contributed by atoms with E-state index in [0.29, 0.717) is 41.9 Å². The molecule has 7 atom stereocenters. The Morgan fingerprint density at radius 2 is 1.82 bits per heavy atom. The zero-order valence-corrected chi connectivity index (χ0v) is 21.6. The van der Waals surface area contributed by atoms with Crippen LogP contribution < -0.4 is 5.32 Å². The molecule has 0 saturated heterocycles. The highest BCUT2D eigenvalue weighted by Gasteiger charge is 2.66. The molecule has 0 heterocycles. The molecule has 3 nitrogen and oxygen atoms in total. The topological polar surface area (TPSA) is 49.3 Å². The smallest absolute Gasteiger partial charge is 0.155 e. The summed E-state index contributed by atoms with van der Waals surface area (Å²) in [6.45, 7) is 11.0. The van der Waals surface area contributed by atoms with Crippen LogP contribution in [-0.2, 0) is 4.79 Å². The van der Waals surface area contributed by atoms with Gasteiger partial charge >= 0.3 is 0 Å². The Morgan fingerprint density at radius 1 is 1.09 bits per heavy atom. The molecule has 0 amide bonds. The minimum Gasteiger partial charge on any atom is -0.383 e. The van der Waals surface area contributed by atoms with Crippen molar-refractivity contribution < 1.29 is 9.90 Å². The van der Waals surface area contributed by atoms with Crippen molar-refractivity contribution in [2.24, 2.45) is 28.6 Å². The Hall–Kier alpha value is -2.05. The quantitative estimate of drug-likeness (QED) is 0.508. The monoisotopic (exact) mass is 459 g/mol. The summed E-state index contributed by atoms with van der Waals surface area (Å²) in [5.74, 6) is 8.53. The summed E-state index contributed by atoms with van der Waals surface area (Å²) in [7, 11) is 0. The van der Waals surface area contributed by atoms with E-state index < -0.39 is 5.60 Å². The van der Waals surface area contributed by atoms with E-state index in [4.69, 9.17) is 0 Å². The SMILES string of the molecule is CC#C[C@]1(O)CC[C@H]2[C@@H]3CCC4=CC(=O)CC[C@]4(C)[C@H]3[C@@H](c3ccc(NC(C)C)cc3)C[C@@]21C. The highest BCUT2D eigenvalue weighted by molar-refractivity contribution is 5.91. The van der Waals surface area contributed by atoms with Gasteiger partial charge in [-0.2, -0.15) is 0 Å². The summed E-state index contributed by atoms with van der Waals surface area (Å²) < 4.78 is 0. The number of rotatable bonds is 3. The van der Waals surface area contributed by atoms with Crippen molar-refractivity contribution in [1.82, 2.24) is 0 Å². The maximum atomic E-state index is 12.4. The van der Waals surface area contributed by atoms with Crippen molar-refractivity contribution in [2.75, 3.05) is 5.32 Å². The average molecular weight is 460 g/mol. The van der Waals surface area contributed by atoms with Crippen LogP contribution in [0.25, 0.3) is 0 Å². The Kier molecular flexibility index (Phi) is 5.76. The summed E-state index contributed by atoms with van der Waals surface area (Å²) >= 11 is 0. The number of ketones is 1. The van der Waals surface area contributed by atoms with Crippen molar-refractivity contribution in [3.05, 3.63) is 41.5 Å². The molecule has 34 heavy (non-hydrogen) atoms. The number of fused-ring (bicyclic) bond motifs is 5. The van der Waals surface area contributed by atoms with Gasteiger partial charge in [0, 0.05) is 23.6 Å². The van der Waals surface area contributed by atoms with Gasteiger partial charge in [-0.15, -0.1) is 5.92 Å². The fourth-order valence-corrected chi connectivity index (χ4v) is 8.64. The van der Waals surface area contributed by atoms with E-state index in [0.717, 1.165) is 44.2 Å². The molecule has 2 N–H and O–H groups in total. The third kappa shape index (κ3) is 3.48. The molecular formula is C31H41NO2. The minimum absolute atomic E-state index is 0.0643. The number of aliphatic hydroxyl groups is 1. The number of hydrogen-bond acceptors (Lipinski definition) is 3. The molecule has 0 aliphatic heterocycles. The van der Waals surface area contributed by atoms with Crippen LogP contribution in [0.1, 0.15) is 91.0 Å². The number of allylic oxidation sites excluding steroid dienone is 1. The van der Waals surface area contributed by atoms with Crippen LogP contribution in [0.4, 0.5) is 5.69 Å². The Bertz CT molecular complexity index is 1060. The highest BCUT2D eigenvalue weighted by atomic mass is 16.3. The van der Waals surface area contributed by atoms with E-state index in [9.17, 15) is 9.90 Å². The zero-order valence-electron chi connectivity index (χ0n) is 21.6. The number of carbonyl (C=O) groups excluding carboxylic acids is 1. The lowest BCUT2D eigenvalue weighted by Gasteiger charge is -2.61. The third-order valence-electron chi connectivity index (χ3n) is 10.2. The van der Waals surface area contributed by atoms with E-state index in [1.807, 2.05) is 13.0 Å². The normalized spacial score (nSPS) is 41.0. The molecule has 0 spiro atoms. The Morgan fingerprint density at radius 3 is 2.50 bits per heavy atom. The first-order chi connectivity index (χ1) is 16.1. The van der Waals surface area contributed by atoms with E-state index >= 15 is 0 Å². The van der Waals surface area contributed by atoms with E-state index in [-0.39, 0.29) is 10.8 Å². The van der Waals surface area contributed by atoms with Crippen molar-refractivity contribution in [1.29, 1.82) is 0 Å². The van der Waals surface area contributed by atoms with Crippen molar-refractivity contribution >= 4 is 11.5 Å². The first-order valence-electron chi connectivity index (χ1n) is 13.4. The molecular weight excluding hydrogens is 418 g/mol.